The van der Waals surface area contributed by atoms with Crippen LogP contribution in [0.15, 0.2) is 30.9 Å². The van der Waals surface area contributed by atoms with Crippen molar-refractivity contribution >= 4 is 10.1 Å². The maximum absolute atomic E-state index is 14.1. The van der Waals surface area contributed by atoms with Crippen LogP contribution in [0, 0.1) is 11.6 Å². The lowest BCUT2D eigenvalue weighted by atomic mass is 9.88. The number of hydrogen-bond donors (Lipinski definition) is 1. The molecule has 1 aromatic carbocycles. The number of aromatic nitrogens is 3. The molecule has 1 N–H and O–H groups in total. The highest BCUT2D eigenvalue weighted by atomic mass is 32.2. The summed E-state index contributed by atoms with van der Waals surface area (Å²) < 4.78 is 56.2. The van der Waals surface area contributed by atoms with Gasteiger partial charge in [-0.25, -0.2) is 18.4 Å². The summed E-state index contributed by atoms with van der Waals surface area (Å²) in [5, 5.41) is 14.7. The number of nitrogens with zero attached hydrogens (tertiary/aromatic N) is 3. The molecule has 2 unspecified atom stereocenters. The van der Waals surface area contributed by atoms with Crippen LogP contribution in [0.1, 0.15) is 12.5 Å². The second-order valence-corrected chi connectivity index (χ2v) is 6.68. The molecule has 0 amide bonds. The fourth-order valence-electron chi connectivity index (χ4n) is 2.17. The van der Waals surface area contributed by atoms with Gasteiger partial charge in [0.25, 0.3) is 10.1 Å². The first-order chi connectivity index (χ1) is 10.6. The van der Waals surface area contributed by atoms with Gasteiger partial charge in [-0.1, -0.05) is 0 Å². The summed E-state index contributed by atoms with van der Waals surface area (Å²) >= 11 is 0. The molecule has 0 radical (unpaired) electrons. The highest BCUT2D eigenvalue weighted by Gasteiger charge is 2.41. The number of benzene rings is 1. The van der Waals surface area contributed by atoms with E-state index in [9.17, 15) is 22.3 Å². The lowest BCUT2D eigenvalue weighted by molar-refractivity contribution is -0.0736. The number of rotatable bonds is 6. The third kappa shape index (κ3) is 4.09. The van der Waals surface area contributed by atoms with Crippen molar-refractivity contribution < 1.29 is 26.5 Å². The van der Waals surface area contributed by atoms with Crippen LogP contribution in [-0.2, 0) is 26.4 Å². The van der Waals surface area contributed by atoms with E-state index in [0.29, 0.717) is 0 Å². The standard InChI is InChI=1S/C13H15F2N3O4S/c1-9(22-23(2,20)21)13(19,6-18-8-16-7-17-18)11-5-10(14)3-4-12(11)15/h3-5,7-9,19H,6H2,1-2H3. The molecule has 10 heteroatoms. The highest BCUT2D eigenvalue weighted by molar-refractivity contribution is 7.86. The molecular weight excluding hydrogens is 332 g/mol. The SMILES string of the molecule is CC(OS(C)(=O)=O)C(O)(Cn1cncn1)c1cc(F)ccc1F. The Morgan fingerprint density at radius 3 is 2.70 bits per heavy atom. The van der Waals surface area contributed by atoms with Crippen LogP contribution in [0.4, 0.5) is 8.78 Å². The van der Waals surface area contributed by atoms with Crippen molar-refractivity contribution in [1.82, 2.24) is 14.8 Å². The van der Waals surface area contributed by atoms with Gasteiger partial charge in [-0.3, -0.25) is 4.18 Å². The second kappa shape index (κ2) is 6.30. The van der Waals surface area contributed by atoms with Crippen molar-refractivity contribution in [3.8, 4) is 0 Å². The summed E-state index contributed by atoms with van der Waals surface area (Å²) in [5.41, 5.74) is -2.63. The minimum atomic E-state index is -3.94. The van der Waals surface area contributed by atoms with E-state index in [-0.39, 0.29) is 6.54 Å². The van der Waals surface area contributed by atoms with E-state index < -0.39 is 39.0 Å². The molecule has 2 atom stereocenters. The van der Waals surface area contributed by atoms with Crippen LogP contribution >= 0.6 is 0 Å². The first kappa shape index (κ1) is 17.4. The van der Waals surface area contributed by atoms with Crippen molar-refractivity contribution in [3.63, 3.8) is 0 Å². The van der Waals surface area contributed by atoms with Crippen LogP contribution in [0.2, 0.25) is 0 Å². The molecule has 7 nitrogen and oxygen atoms in total. The third-order valence-electron chi connectivity index (χ3n) is 3.26. The molecular formula is C13H15F2N3O4S. The molecule has 2 rings (SSSR count). The van der Waals surface area contributed by atoms with E-state index in [1.807, 2.05) is 0 Å². The predicted octanol–water partition coefficient (Wildman–Crippen LogP) is 0.809. The zero-order valence-electron chi connectivity index (χ0n) is 12.3. The van der Waals surface area contributed by atoms with Crippen molar-refractivity contribution in [2.24, 2.45) is 0 Å². The summed E-state index contributed by atoms with van der Waals surface area (Å²) in [6.07, 6.45) is 1.82. The van der Waals surface area contributed by atoms with Gasteiger partial charge in [0.05, 0.1) is 12.8 Å². The van der Waals surface area contributed by atoms with Gasteiger partial charge >= 0.3 is 0 Å². The molecule has 0 aliphatic rings. The van der Waals surface area contributed by atoms with Crippen molar-refractivity contribution in [3.05, 3.63) is 48.1 Å². The Morgan fingerprint density at radius 2 is 2.13 bits per heavy atom. The molecule has 2 aromatic rings. The number of halogens is 2. The molecule has 0 aliphatic heterocycles. The first-order valence-corrected chi connectivity index (χ1v) is 8.32. The van der Waals surface area contributed by atoms with E-state index in [2.05, 4.69) is 10.1 Å². The van der Waals surface area contributed by atoms with Gasteiger partial charge in [0, 0.05) is 5.56 Å². The fourth-order valence-corrected chi connectivity index (χ4v) is 2.85. The molecule has 0 fully saturated rings. The summed E-state index contributed by atoms with van der Waals surface area (Å²) in [6, 6.07) is 2.51. The Balaban J connectivity index is 2.51. The minimum Gasteiger partial charge on any atom is -0.380 e. The molecule has 0 bridgehead atoms. The van der Waals surface area contributed by atoms with Gasteiger partial charge in [-0.15, -0.1) is 0 Å². The quantitative estimate of drug-likeness (QED) is 0.777. The molecule has 0 saturated carbocycles. The van der Waals surface area contributed by atoms with E-state index in [1.54, 1.807) is 0 Å². The molecule has 126 valence electrons. The lowest BCUT2D eigenvalue weighted by Crippen LogP contribution is -2.45. The fraction of sp³-hybridized carbons (Fsp3) is 0.385. The maximum atomic E-state index is 14.1. The number of hydrogen-bond acceptors (Lipinski definition) is 6. The van der Waals surface area contributed by atoms with Crippen LogP contribution in [0.5, 0.6) is 0 Å². The molecule has 1 heterocycles. The average molecular weight is 347 g/mol. The summed E-state index contributed by atoms with van der Waals surface area (Å²) in [4.78, 5) is 3.69. The molecule has 23 heavy (non-hydrogen) atoms. The lowest BCUT2D eigenvalue weighted by Gasteiger charge is -2.33. The van der Waals surface area contributed by atoms with Crippen molar-refractivity contribution in [2.45, 2.75) is 25.2 Å². The van der Waals surface area contributed by atoms with Gasteiger partial charge in [0.15, 0.2) is 0 Å². The zero-order chi connectivity index (χ0) is 17.3. The molecule has 1 aromatic heterocycles. The monoisotopic (exact) mass is 347 g/mol. The Labute approximate surface area is 131 Å². The largest absolute Gasteiger partial charge is 0.380 e. The van der Waals surface area contributed by atoms with Crippen LogP contribution in [-0.4, -0.2) is 40.6 Å². The molecule has 0 spiro atoms. The smallest absolute Gasteiger partial charge is 0.264 e. The van der Waals surface area contributed by atoms with Crippen molar-refractivity contribution in [2.75, 3.05) is 6.26 Å². The van der Waals surface area contributed by atoms with E-state index in [1.165, 1.54) is 19.6 Å². The van der Waals surface area contributed by atoms with Crippen LogP contribution < -0.4 is 0 Å². The second-order valence-electron chi connectivity index (χ2n) is 5.08. The summed E-state index contributed by atoms with van der Waals surface area (Å²) in [5.74, 6) is -1.69. The maximum Gasteiger partial charge on any atom is 0.264 e. The third-order valence-corrected chi connectivity index (χ3v) is 3.89. The summed E-state index contributed by atoms with van der Waals surface area (Å²) in [7, 11) is -3.94. The zero-order valence-corrected chi connectivity index (χ0v) is 13.2. The van der Waals surface area contributed by atoms with E-state index in [4.69, 9.17) is 4.18 Å². The Morgan fingerprint density at radius 1 is 1.43 bits per heavy atom. The minimum absolute atomic E-state index is 0.385. The molecule has 0 saturated heterocycles. The van der Waals surface area contributed by atoms with Gasteiger partial charge in [0.2, 0.25) is 0 Å². The Kier molecular flexibility index (Phi) is 4.78. The highest BCUT2D eigenvalue weighted by Crippen LogP contribution is 2.32. The van der Waals surface area contributed by atoms with Crippen molar-refractivity contribution in [1.29, 1.82) is 0 Å². The molecule has 0 aliphatic carbocycles. The predicted molar refractivity (Wildman–Crippen MR) is 75.7 cm³/mol. The van der Waals surface area contributed by atoms with Crippen LogP contribution in [0.25, 0.3) is 0 Å². The van der Waals surface area contributed by atoms with Crippen LogP contribution in [0.3, 0.4) is 0 Å². The van der Waals surface area contributed by atoms with Gasteiger partial charge in [-0.05, 0) is 25.1 Å². The normalized spacial score (nSPS) is 16.0. The Bertz CT molecular complexity index is 783. The topological polar surface area (TPSA) is 94.3 Å². The number of aliphatic hydroxyl groups is 1. The Hall–Kier alpha value is -1.91. The van der Waals surface area contributed by atoms with Gasteiger partial charge < -0.3 is 5.11 Å². The van der Waals surface area contributed by atoms with Gasteiger partial charge in [-0.2, -0.15) is 13.5 Å². The first-order valence-electron chi connectivity index (χ1n) is 6.50. The van der Waals surface area contributed by atoms with Gasteiger partial charge in [0.1, 0.15) is 36.0 Å². The average Bonchev–Trinajstić information content (AvgIpc) is 2.92. The summed E-state index contributed by atoms with van der Waals surface area (Å²) in [6.45, 7) is 0.854. The van der Waals surface area contributed by atoms with E-state index in [0.717, 1.165) is 29.1 Å². The van der Waals surface area contributed by atoms with E-state index >= 15 is 0 Å².